The average molecular weight is 667 g/mol. The topological polar surface area (TPSA) is 121 Å². The number of hydrogen-bond donors (Lipinski definition) is 1. The van der Waals surface area contributed by atoms with E-state index in [1.54, 1.807) is 36.2 Å². The molecule has 11 nitrogen and oxygen atoms in total. The fourth-order valence-corrected chi connectivity index (χ4v) is 7.26. The van der Waals surface area contributed by atoms with Gasteiger partial charge in [-0.05, 0) is 43.4 Å². The Morgan fingerprint density at radius 2 is 1.91 bits per heavy atom. The number of halogens is 2. The Kier molecular flexibility index (Phi) is 8.09. The molecule has 2 amide bonds. The molecule has 1 aromatic carbocycles. The fraction of sp³-hybridized carbons (Fsp3) is 0.344. The summed E-state index contributed by atoms with van der Waals surface area (Å²) in [5.74, 6) is -0.926. The third kappa shape index (κ3) is 4.75. The van der Waals surface area contributed by atoms with Gasteiger partial charge >= 0.3 is 6.09 Å². The zero-order chi connectivity index (χ0) is 33.2. The van der Waals surface area contributed by atoms with Gasteiger partial charge in [0, 0.05) is 36.1 Å². The maximum Gasteiger partial charge on any atom is 0.407 e. The SMILES string of the molecule is COc1cccc(F)c1-c1nc2c(cc1Cl)c1c(c(=O)n2-c2c(SC)ccnc2C(C)C)N(C)C(=O)[C@H]2CN(C(=O)O)[C@H](C)CN12. The van der Waals surface area contributed by atoms with Crippen molar-refractivity contribution in [2.24, 2.45) is 0 Å². The third-order valence-electron chi connectivity index (χ3n) is 8.61. The van der Waals surface area contributed by atoms with E-state index in [0.29, 0.717) is 22.5 Å². The molecule has 0 spiro atoms. The number of piperazine rings is 1. The highest BCUT2D eigenvalue weighted by atomic mass is 35.5. The van der Waals surface area contributed by atoms with Crippen LogP contribution in [0.15, 0.2) is 46.2 Å². The predicted octanol–water partition coefficient (Wildman–Crippen LogP) is 5.63. The highest BCUT2D eigenvalue weighted by Gasteiger charge is 2.46. The molecule has 240 valence electrons. The molecule has 0 saturated carbocycles. The second-order valence-corrected chi connectivity index (χ2v) is 12.9. The molecule has 6 rings (SSSR count). The monoisotopic (exact) mass is 666 g/mol. The molecule has 2 aliphatic rings. The number of anilines is 2. The van der Waals surface area contributed by atoms with E-state index in [0.717, 1.165) is 4.90 Å². The molecule has 0 bridgehead atoms. The molecule has 1 saturated heterocycles. The number of aromatic nitrogens is 3. The summed E-state index contributed by atoms with van der Waals surface area (Å²) < 4.78 is 22.4. The van der Waals surface area contributed by atoms with Gasteiger partial charge in [-0.25, -0.2) is 14.2 Å². The lowest BCUT2D eigenvalue weighted by Gasteiger charge is -2.49. The molecular weight excluding hydrogens is 635 g/mol. The predicted molar refractivity (Wildman–Crippen MR) is 177 cm³/mol. The summed E-state index contributed by atoms with van der Waals surface area (Å²) in [6.45, 7) is 5.73. The molecule has 2 atom stereocenters. The van der Waals surface area contributed by atoms with Crippen LogP contribution in [0, 0.1) is 5.82 Å². The van der Waals surface area contributed by atoms with Crippen molar-refractivity contribution in [3.63, 3.8) is 0 Å². The number of methoxy groups -OCH3 is 1. The van der Waals surface area contributed by atoms with Crippen molar-refractivity contribution < 1.29 is 23.8 Å². The number of carbonyl (C=O) groups is 2. The molecule has 0 unspecified atom stereocenters. The molecule has 46 heavy (non-hydrogen) atoms. The summed E-state index contributed by atoms with van der Waals surface area (Å²) in [5, 5.41) is 10.4. The lowest BCUT2D eigenvalue weighted by molar-refractivity contribution is -0.120. The summed E-state index contributed by atoms with van der Waals surface area (Å²) in [6.07, 6.45) is 2.43. The number of pyridine rings is 3. The summed E-state index contributed by atoms with van der Waals surface area (Å²) in [7, 11) is 2.93. The Morgan fingerprint density at radius 1 is 1.17 bits per heavy atom. The lowest BCUT2D eigenvalue weighted by atomic mass is 9.98. The normalized spacial score (nSPS) is 17.8. The van der Waals surface area contributed by atoms with Gasteiger partial charge in [0.1, 0.15) is 23.3 Å². The van der Waals surface area contributed by atoms with Gasteiger partial charge in [0.25, 0.3) is 11.5 Å². The molecule has 1 fully saturated rings. The Labute approximate surface area is 273 Å². The summed E-state index contributed by atoms with van der Waals surface area (Å²) in [5.41, 5.74) is 1.37. The van der Waals surface area contributed by atoms with E-state index in [9.17, 15) is 19.5 Å². The first-order valence-corrected chi connectivity index (χ1v) is 16.2. The Balaban J connectivity index is 1.79. The zero-order valence-corrected chi connectivity index (χ0v) is 27.6. The van der Waals surface area contributed by atoms with Crippen molar-refractivity contribution in [2.45, 2.75) is 43.7 Å². The minimum Gasteiger partial charge on any atom is -0.496 e. The number of likely N-dealkylation sites (N-methyl/N-ethyl adjacent to an activating group) is 1. The minimum absolute atomic E-state index is 0.0304. The van der Waals surface area contributed by atoms with Crippen LogP contribution in [-0.4, -0.2) is 82.1 Å². The van der Waals surface area contributed by atoms with Crippen molar-refractivity contribution in [3.8, 4) is 22.7 Å². The summed E-state index contributed by atoms with van der Waals surface area (Å²) in [4.78, 5) is 55.4. The van der Waals surface area contributed by atoms with E-state index in [4.69, 9.17) is 21.3 Å². The van der Waals surface area contributed by atoms with Crippen molar-refractivity contribution in [2.75, 3.05) is 43.3 Å². The van der Waals surface area contributed by atoms with Crippen molar-refractivity contribution in [1.82, 2.24) is 19.4 Å². The standard InChI is InChI=1S/C32H32ClFN6O5S/c1-15(2)24-27(22(46-6)10-11-35-24)40-29-17(12-18(33)25(36-29)23-19(34)8-7-9-21(23)45-5)26-28(31(40)42)37(4)30(41)20-14-38(32(43)44)16(3)13-39(20)26/h7-12,15-16,20H,13-14H2,1-6H3,(H,43,44)/t16-,20-/m1/s1. The second kappa shape index (κ2) is 11.8. The van der Waals surface area contributed by atoms with E-state index in [1.807, 2.05) is 20.1 Å². The zero-order valence-electron chi connectivity index (χ0n) is 26.0. The van der Waals surface area contributed by atoms with Crippen molar-refractivity contribution >= 4 is 57.8 Å². The molecule has 5 heterocycles. The number of nitrogens with zero attached hydrogens (tertiary/aromatic N) is 6. The van der Waals surface area contributed by atoms with Crippen LogP contribution in [0.1, 0.15) is 32.4 Å². The molecule has 14 heteroatoms. The van der Waals surface area contributed by atoms with Gasteiger partial charge in [-0.15, -0.1) is 11.8 Å². The largest absolute Gasteiger partial charge is 0.496 e. The van der Waals surface area contributed by atoms with Crippen LogP contribution in [0.2, 0.25) is 5.02 Å². The smallest absolute Gasteiger partial charge is 0.407 e. The van der Waals surface area contributed by atoms with Crippen LogP contribution >= 0.6 is 23.4 Å². The minimum atomic E-state index is -1.13. The summed E-state index contributed by atoms with van der Waals surface area (Å²) in [6, 6.07) is 6.43. The first-order valence-electron chi connectivity index (χ1n) is 14.6. The Hall–Kier alpha value is -4.36. The number of ether oxygens (including phenoxy) is 1. The van der Waals surface area contributed by atoms with E-state index >= 15 is 4.39 Å². The first kappa shape index (κ1) is 31.6. The number of fused-ring (bicyclic) bond motifs is 5. The number of amides is 2. The molecule has 1 N–H and O–H groups in total. The van der Waals surface area contributed by atoms with E-state index in [1.165, 1.54) is 52.4 Å². The maximum absolute atomic E-state index is 15.5. The highest BCUT2D eigenvalue weighted by molar-refractivity contribution is 7.98. The highest BCUT2D eigenvalue weighted by Crippen LogP contribution is 2.45. The number of rotatable bonds is 5. The number of benzene rings is 1. The third-order valence-corrected chi connectivity index (χ3v) is 9.67. The lowest BCUT2D eigenvalue weighted by Crippen LogP contribution is -2.66. The fourth-order valence-electron chi connectivity index (χ4n) is 6.43. The van der Waals surface area contributed by atoms with Crippen LogP contribution < -0.4 is 20.1 Å². The van der Waals surface area contributed by atoms with Crippen LogP contribution in [0.3, 0.4) is 0 Å². The van der Waals surface area contributed by atoms with Gasteiger partial charge < -0.3 is 24.5 Å². The summed E-state index contributed by atoms with van der Waals surface area (Å²) >= 11 is 8.35. The Morgan fingerprint density at radius 3 is 2.57 bits per heavy atom. The van der Waals surface area contributed by atoms with Gasteiger partial charge in [-0.3, -0.25) is 19.1 Å². The molecule has 0 aliphatic carbocycles. The Bertz CT molecular complexity index is 1990. The van der Waals surface area contributed by atoms with Crippen LogP contribution in [0.5, 0.6) is 5.75 Å². The molecule has 4 aromatic rings. The van der Waals surface area contributed by atoms with E-state index in [2.05, 4.69) is 4.98 Å². The number of carboxylic acid groups (broad SMARTS) is 1. The van der Waals surface area contributed by atoms with Crippen molar-refractivity contribution in [1.29, 1.82) is 0 Å². The molecule has 0 radical (unpaired) electrons. The maximum atomic E-state index is 15.5. The van der Waals surface area contributed by atoms with Crippen LogP contribution in [0.25, 0.3) is 28.0 Å². The van der Waals surface area contributed by atoms with Crippen LogP contribution in [-0.2, 0) is 4.79 Å². The van der Waals surface area contributed by atoms with Crippen LogP contribution in [0.4, 0.5) is 20.6 Å². The second-order valence-electron chi connectivity index (χ2n) is 11.6. The van der Waals surface area contributed by atoms with Gasteiger partial charge in [-0.2, -0.15) is 0 Å². The first-order chi connectivity index (χ1) is 21.9. The number of carbonyl (C=O) groups excluding carboxylic acids is 1. The van der Waals surface area contributed by atoms with Gasteiger partial charge in [0.05, 0.1) is 47.0 Å². The number of hydrogen-bond acceptors (Lipinski definition) is 8. The molecular formula is C32H32ClFN6O5S. The molecule has 3 aromatic heterocycles. The average Bonchev–Trinajstić information content (AvgIpc) is 3.02. The van der Waals surface area contributed by atoms with E-state index in [-0.39, 0.29) is 52.4 Å². The van der Waals surface area contributed by atoms with Gasteiger partial charge in [0.15, 0.2) is 5.65 Å². The van der Waals surface area contributed by atoms with Gasteiger partial charge in [-0.1, -0.05) is 31.5 Å². The quantitative estimate of drug-likeness (QED) is 0.270. The van der Waals surface area contributed by atoms with E-state index < -0.39 is 35.5 Å². The molecule has 2 aliphatic heterocycles. The number of thioether (sulfide) groups is 1. The van der Waals surface area contributed by atoms with Crippen molar-refractivity contribution in [3.05, 3.63) is 63.4 Å². The van der Waals surface area contributed by atoms with Gasteiger partial charge in [0.2, 0.25) is 0 Å².